The average molecular weight is 706 g/mol. The van der Waals surface area contributed by atoms with Crippen LogP contribution in [0.1, 0.15) is 75.7 Å². The Bertz CT molecular complexity index is 1690. The van der Waals surface area contributed by atoms with Crippen LogP contribution >= 0.6 is 23.2 Å². The van der Waals surface area contributed by atoms with Crippen LogP contribution in [0.15, 0.2) is 72.8 Å². The first-order chi connectivity index (χ1) is 23.4. The quantitative estimate of drug-likeness (QED) is 0.233. The number of Topliss-reactive ketones (excluding diaryl/α,β-unsaturated/α-hetero) is 1. The van der Waals surface area contributed by atoms with Crippen molar-refractivity contribution in [3.05, 3.63) is 99.5 Å². The van der Waals surface area contributed by atoms with Crippen LogP contribution < -0.4 is 15.5 Å². The predicted molar refractivity (Wildman–Crippen MR) is 190 cm³/mol. The van der Waals surface area contributed by atoms with Gasteiger partial charge in [0, 0.05) is 42.5 Å². The van der Waals surface area contributed by atoms with Gasteiger partial charge in [-0.2, -0.15) is 0 Å². The normalized spacial score (nSPS) is 19.1. The molecule has 9 nitrogen and oxygen atoms in total. The summed E-state index contributed by atoms with van der Waals surface area (Å²) in [7, 11) is 0. The molecule has 0 aromatic heterocycles. The molecule has 0 radical (unpaired) electrons. The zero-order valence-electron chi connectivity index (χ0n) is 28.0. The molecular formula is C38H42Cl2N4O5. The second-order valence-corrected chi connectivity index (χ2v) is 14.0. The zero-order chi connectivity index (χ0) is 35.3. The molecule has 1 heterocycles. The highest BCUT2D eigenvalue weighted by atomic mass is 35.5. The monoisotopic (exact) mass is 704 g/mol. The van der Waals surface area contributed by atoms with Gasteiger partial charge in [0.1, 0.15) is 12.2 Å². The molecule has 1 aliphatic heterocycles. The number of carbonyl (C=O) groups excluding carboxylic acids is 5. The van der Waals surface area contributed by atoms with E-state index in [9.17, 15) is 24.0 Å². The van der Waals surface area contributed by atoms with Crippen LogP contribution in [0.3, 0.4) is 0 Å². The molecule has 258 valence electrons. The third-order valence-electron chi connectivity index (χ3n) is 9.71. The molecular weight excluding hydrogens is 663 g/mol. The smallest absolute Gasteiger partial charge is 0.252 e. The van der Waals surface area contributed by atoms with E-state index in [1.54, 1.807) is 34.1 Å². The fraction of sp³-hybridized carbons (Fsp3) is 0.395. The number of ketones is 1. The fourth-order valence-electron chi connectivity index (χ4n) is 7.09. The third kappa shape index (κ3) is 8.33. The lowest BCUT2D eigenvalue weighted by atomic mass is 9.81. The molecule has 2 aliphatic rings. The molecule has 3 unspecified atom stereocenters. The Labute approximate surface area is 297 Å². The summed E-state index contributed by atoms with van der Waals surface area (Å²) in [6.07, 6.45) is 3.67. The fourth-order valence-corrected chi connectivity index (χ4v) is 7.34. The maximum absolute atomic E-state index is 14.2. The van der Waals surface area contributed by atoms with Crippen LogP contribution in [0, 0.1) is 5.41 Å². The number of hydrogen-bond donors (Lipinski definition) is 2. The van der Waals surface area contributed by atoms with Gasteiger partial charge < -0.3 is 15.5 Å². The molecule has 49 heavy (non-hydrogen) atoms. The second kappa shape index (κ2) is 15.6. The van der Waals surface area contributed by atoms with E-state index in [1.165, 1.54) is 20.8 Å². The lowest BCUT2D eigenvalue weighted by Crippen LogP contribution is -2.49. The number of amides is 4. The van der Waals surface area contributed by atoms with Crippen molar-refractivity contribution < 1.29 is 24.0 Å². The summed E-state index contributed by atoms with van der Waals surface area (Å²) in [5.74, 6) is -0.931. The first-order valence-electron chi connectivity index (χ1n) is 16.7. The highest BCUT2D eigenvalue weighted by Gasteiger charge is 2.49. The lowest BCUT2D eigenvalue weighted by molar-refractivity contribution is -0.134. The number of nitrogens with zero attached hydrogens (tertiary/aromatic N) is 2. The van der Waals surface area contributed by atoms with E-state index in [4.69, 9.17) is 23.2 Å². The van der Waals surface area contributed by atoms with Gasteiger partial charge in [0.25, 0.3) is 5.91 Å². The van der Waals surface area contributed by atoms with Gasteiger partial charge in [-0.3, -0.25) is 28.9 Å². The first kappa shape index (κ1) is 36.1. The molecule has 3 atom stereocenters. The van der Waals surface area contributed by atoms with Crippen LogP contribution in [-0.2, 0) is 36.8 Å². The predicted octanol–water partition coefficient (Wildman–Crippen LogP) is 6.20. The molecule has 3 aromatic carbocycles. The van der Waals surface area contributed by atoms with E-state index < -0.39 is 23.7 Å². The van der Waals surface area contributed by atoms with Crippen molar-refractivity contribution in [2.75, 3.05) is 11.4 Å². The molecule has 3 aromatic rings. The molecule has 1 saturated carbocycles. The van der Waals surface area contributed by atoms with Gasteiger partial charge in [-0.25, -0.2) is 0 Å². The van der Waals surface area contributed by atoms with Gasteiger partial charge in [-0.05, 0) is 85.7 Å². The summed E-state index contributed by atoms with van der Waals surface area (Å²) in [5.41, 5.74) is 2.38. The van der Waals surface area contributed by atoms with E-state index in [2.05, 4.69) is 10.6 Å². The summed E-state index contributed by atoms with van der Waals surface area (Å²) in [5, 5.41) is 6.93. The molecule has 0 spiro atoms. The second-order valence-electron chi connectivity index (χ2n) is 13.1. The van der Waals surface area contributed by atoms with Crippen molar-refractivity contribution in [1.82, 2.24) is 15.5 Å². The van der Waals surface area contributed by atoms with Crippen LogP contribution in [0.4, 0.5) is 5.69 Å². The van der Waals surface area contributed by atoms with Crippen molar-refractivity contribution in [3.8, 4) is 0 Å². The van der Waals surface area contributed by atoms with Gasteiger partial charge in [0.15, 0.2) is 5.78 Å². The number of nitrogens with one attached hydrogen (secondary N) is 2. The maximum Gasteiger partial charge on any atom is 0.252 e. The van der Waals surface area contributed by atoms with Gasteiger partial charge in [-0.15, -0.1) is 0 Å². The summed E-state index contributed by atoms with van der Waals surface area (Å²) in [6, 6.07) is 20.1. The largest absolute Gasteiger partial charge is 0.356 e. The SMILES string of the molecule is CC(=O)NCCC1(C(=O)NC(Cc2ccc(N3C(=O)C(Cc4ccc(Cl)cc4)N(C(C)=O)C3c3ccc(Cl)cc3)cc2)C(C)=O)CCCC1. The highest BCUT2D eigenvalue weighted by molar-refractivity contribution is 6.30. The van der Waals surface area contributed by atoms with E-state index in [1.807, 2.05) is 48.5 Å². The van der Waals surface area contributed by atoms with Crippen LogP contribution in [0.5, 0.6) is 0 Å². The zero-order valence-corrected chi connectivity index (χ0v) is 29.5. The molecule has 2 fully saturated rings. The number of anilines is 1. The number of carbonyl (C=O) groups is 5. The Morgan fingerprint density at radius 2 is 1.41 bits per heavy atom. The Morgan fingerprint density at radius 3 is 1.96 bits per heavy atom. The van der Waals surface area contributed by atoms with Crippen LogP contribution in [0.25, 0.3) is 0 Å². The number of rotatable bonds is 12. The number of hydrogen-bond acceptors (Lipinski definition) is 5. The van der Waals surface area contributed by atoms with E-state index in [0.29, 0.717) is 48.0 Å². The molecule has 1 aliphatic carbocycles. The van der Waals surface area contributed by atoms with Gasteiger partial charge in [0.2, 0.25) is 17.7 Å². The Kier molecular flexibility index (Phi) is 11.5. The molecule has 5 rings (SSSR count). The Hall–Kier alpha value is -4.21. The highest BCUT2D eigenvalue weighted by Crippen LogP contribution is 2.42. The maximum atomic E-state index is 14.2. The Balaban J connectivity index is 1.39. The minimum absolute atomic E-state index is 0.139. The molecule has 2 N–H and O–H groups in total. The van der Waals surface area contributed by atoms with Crippen molar-refractivity contribution in [2.24, 2.45) is 5.41 Å². The van der Waals surface area contributed by atoms with Crippen molar-refractivity contribution >= 4 is 58.3 Å². The molecule has 1 saturated heterocycles. The first-order valence-corrected chi connectivity index (χ1v) is 17.4. The van der Waals surface area contributed by atoms with Gasteiger partial charge >= 0.3 is 0 Å². The minimum Gasteiger partial charge on any atom is -0.356 e. The van der Waals surface area contributed by atoms with Crippen LogP contribution in [-0.4, -0.2) is 52.9 Å². The topological polar surface area (TPSA) is 116 Å². The Morgan fingerprint density at radius 1 is 0.837 bits per heavy atom. The number of benzene rings is 3. The van der Waals surface area contributed by atoms with Crippen LogP contribution in [0.2, 0.25) is 10.0 Å². The average Bonchev–Trinajstić information content (AvgIpc) is 3.66. The molecule has 11 heteroatoms. The lowest BCUT2D eigenvalue weighted by Gasteiger charge is -2.31. The summed E-state index contributed by atoms with van der Waals surface area (Å²) in [4.78, 5) is 68.5. The summed E-state index contributed by atoms with van der Waals surface area (Å²) in [6.45, 7) is 4.79. The summed E-state index contributed by atoms with van der Waals surface area (Å²) >= 11 is 12.3. The molecule has 4 amide bonds. The van der Waals surface area contributed by atoms with Crippen molar-refractivity contribution in [3.63, 3.8) is 0 Å². The number of halogens is 2. The third-order valence-corrected chi connectivity index (χ3v) is 10.2. The van der Waals surface area contributed by atoms with Crippen molar-refractivity contribution in [1.29, 1.82) is 0 Å². The van der Waals surface area contributed by atoms with E-state index in [-0.39, 0.29) is 35.8 Å². The van der Waals surface area contributed by atoms with E-state index >= 15 is 0 Å². The van der Waals surface area contributed by atoms with Gasteiger partial charge in [0.05, 0.1) is 11.5 Å². The summed E-state index contributed by atoms with van der Waals surface area (Å²) < 4.78 is 0. The standard InChI is InChI=1S/C38H42Cl2N4O5/c1-24(45)33(42-37(49)38(18-4-5-19-38)20-21-41-25(2)46)22-27-8-16-32(17-9-27)44-35(29-10-14-31(40)15-11-29)43(26(3)47)34(36(44)48)23-28-6-12-30(39)13-7-28/h6-17,33-35H,4-5,18-23H2,1-3H3,(H,41,46)(H,42,49). The van der Waals surface area contributed by atoms with Crippen molar-refractivity contribution in [2.45, 2.75) is 84.0 Å². The van der Waals surface area contributed by atoms with Gasteiger partial charge in [-0.1, -0.05) is 72.4 Å². The minimum atomic E-state index is -0.759. The van der Waals surface area contributed by atoms with E-state index in [0.717, 1.165) is 29.5 Å². The molecule has 0 bridgehead atoms.